The maximum absolute atomic E-state index is 7.26. The Morgan fingerprint density at radius 3 is 1.30 bits per heavy atom. The van der Waals surface area contributed by atoms with Gasteiger partial charge in [-0.25, -0.2) is 0 Å². The molecule has 0 radical (unpaired) electrons. The van der Waals surface area contributed by atoms with Crippen LogP contribution in [0.15, 0.2) is 34.8 Å². The Kier molecular flexibility index (Phi) is 10.3. The molecular weight excluding hydrogens is 700 g/mol. The highest BCUT2D eigenvalue weighted by molar-refractivity contribution is 9.10. The van der Waals surface area contributed by atoms with Gasteiger partial charge in [0, 0.05) is 59.3 Å². The van der Waals surface area contributed by atoms with Crippen molar-refractivity contribution in [1.29, 1.82) is 0 Å². The van der Waals surface area contributed by atoms with Crippen LogP contribution in [-0.4, -0.2) is 59.3 Å². The molecule has 0 bridgehead atoms. The third kappa shape index (κ3) is 5.19. The van der Waals surface area contributed by atoms with Crippen LogP contribution in [0.1, 0.15) is 69.4 Å². The molecule has 9 nitrogen and oxygen atoms in total. The van der Waals surface area contributed by atoms with Crippen molar-refractivity contribution in [3.8, 4) is 5.75 Å². The van der Waals surface area contributed by atoms with Crippen molar-refractivity contribution >= 4 is 32.6 Å². The largest absolute Gasteiger partial charge is 0.487 e. The van der Waals surface area contributed by atoms with Crippen LogP contribution in [0.2, 0.25) is 36.3 Å². The molecule has 0 N–H and O–H groups in total. The number of halogens is 1. The second-order valence-corrected chi connectivity index (χ2v) is 25.6. The zero-order valence-electron chi connectivity index (χ0n) is 31.1. The lowest BCUT2D eigenvalue weighted by atomic mass is 9.61. The predicted octanol–water partition coefficient (Wildman–Crippen LogP) is 8.59. The van der Waals surface area contributed by atoms with Gasteiger partial charge >= 0.3 is 0 Å². The number of benzene rings is 2. The molecule has 2 aromatic carbocycles. The average molecular weight is 756 g/mol. The molecule has 0 aromatic heterocycles. The topological polar surface area (TPSA) is 83.1 Å². The van der Waals surface area contributed by atoms with Crippen LogP contribution < -0.4 is 4.74 Å². The smallest absolute Gasteiger partial charge is 0.256 e. The molecule has 0 amide bonds. The molecular formula is C35H55BrO9Si2. The lowest BCUT2D eigenvalue weighted by Crippen LogP contribution is -2.73. The van der Waals surface area contributed by atoms with Gasteiger partial charge in [0.1, 0.15) is 12.4 Å². The van der Waals surface area contributed by atoms with E-state index in [2.05, 4.69) is 83.7 Å². The summed E-state index contributed by atoms with van der Waals surface area (Å²) in [6.07, 6.45) is 0. The van der Waals surface area contributed by atoms with E-state index in [0.29, 0.717) is 32.5 Å². The van der Waals surface area contributed by atoms with Crippen molar-refractivity contribution in [3.05, 3.63) is 62.6 Å². The van der Waals surface area contributed by atoms with E-state index in [1.807, 2.05) is 30.3 Å². The van der Waals surface area contributed by atoms with Crippen LogP contribution >= 0.6 is 15.9 Å². The van der Waals surface area contributed by atoms with E-state index in [1.165, 1.54) is 0 Å². The molecule has 4 rings (SSSR count). The van der Waals surface area contributed by atoms with Crippen molar-refractivity contribution < 1.29 is 42.0 Å². The first kappa shape index (κ1) is 38.6. The lowest BCUT2D eigenvalue weighted by molar-refractivity contribution is -0.433. The number of hydrogen-bond acceptors (Lipinski definition) is 9. The van der Waals surface area contributed by atoms with Crippen LogP contribution in [0.3, 0.4) is 0 Å². The average Bonchev–Trinajstić information content (AvgIpc) is 2.99. The Morgan fingerprint density at radius 2 is 0.915 bits per heavy atom. The standard InChI is InChI=1S/C35H55BrO9Si2/c1-30(2,3)46(13,14)44-34(41-11)24-25-27(35(42-12,32(25,37-7)38-8)45-47(15,16)31(4,5)6)29(43-22-23-20-18-17-19-21-23)28(36)26(24)33(34,39-9)40-10/h17-21H,22H2,1-16H3/t34-,35-/m1/s1. The Hall–Kier alpha value is -1.17. The Morgan fingerprint density at radius 1 is 0.553 bits per heavy atom. The summed E-state index contributed by atoms with van der Waals surface area (Å²) in [5.41, 5.74) is 3.58. The van der Waals surface area contributed by atoms with Gasteiger partial charge in [-0.2, -0.15) is 0 Å². The summed E-state index contributed by atoms with van der Waals surface area (Å²) in [5, 5.41) is -0.349. The van der Waals surface area contributed by atoms with Gasteiger partial charge in [0.25, 0.3) is 17.4 Å². The minimum atomic E-state index is -2.57. The molecule has 0 aliphatic heterocycles. The molecule has 0 spiro atoms. The van der Waals surface area contributed by atoms with Crippen LogP contribution in [-0.2, 0) is 67.0 Å². The van der Waals surface area contributed by atoms with Crippen LogP contribution in [0.4, 0.5) is 0 Å². The third-order valence-corrected chi connectivity index (χ3v) is 20.5. The van der Waals surface area contributed by atoms with Gasteiger partial charge in [0.15, 0.2) is 16.6 Å². The number of rotatable bonds is 13. The van der Waals surface area contributed by atoms with Crippen LogP contribution in [0.25, 0.3) is 0 Å². The van der Waals surface area contributed by atoms with Gasteiger partial charge in [-0.05, 0) is 57.8 Å². The second-order valence-electron chi connectivity index (χ2n) is 15.3. The molecule has 0 fully saturated rings. The fraction of sp³-hybridized carbons (Fsp3) is 0.657. The molecule has 2 aliphatic rings. The van der Waals surface area contributed by atoms with E-state index in [1.54, 1.807) is 42.7 Å². The van der Waals surface area contributed by atoms with Crippen molar-refractivity contribution in [2.24, 2.45) is 0 Å². The highest BCUT2D eigenvalue weighted by Crippen LogP contribution is 2.74. The van der Waals surface area contributed by atoms with Crippen LogP contribution in [0, 0.1) is 0 Å². The van der Waals surface area contributed by atoms with E-state index >= 15 is 0 Å². The fourth-order valence-corrected chi connectivity index (χ4v) is 9.77. The van der Waals surface area contributed by atoms with E-state index in [-0.39, 0.29) is 16.7 Å². The Bertz CT molecular complexity index is 1460. The molecule has 47 heavy (non-hydrogen) atoms. The Balaban J connectivity index is 2.18. The first-order valence-corrected chi connectivity index (χ1v) is 22.5. The number of methoxy groups -OCH3 is 6. The number of fused-ring (bicyclic) bond motifs is 3. The molecule has 0 saturated carbocycles. The summed E-state index contributed by atoms with van der Waals surface area (Å²) in [5.74, 6) is -5.56. The zero-order chi connectivity index (χ0) is 35.6. The minimum Gasteiger partial charge on any atom is -0.487 e. The second kappa shape index (κ2) is 12.6. The van der Waals surface area contributed by atoms with E-state index in [9.17, 15) is 0 Å². The van der Waals surface area contributed by atoms with Gasteiger partial charge in [-0.3, -0.25) is 0 Å². The lowest BCUT2D eigenvalue weighted by Gasteiger charge is -2.65. The first-order chi connectivity index (χ1) is 21.6. The highest BCUT2D eigenvalue weighted by Gasteiger charge is 2.80. The van der Waals surface area contributed by atoms with Crippen molar-refractivity contribution in [2.75, 3.05) is 42.7 Å². The number of hydrogen-bond donors (Lipinski definition) is 0. The van der Waals surface area contributed by atoms with Gasteiger partial charge in [0.2, 0.25) is 5.79 Å². The summed E-state index contributed by atoms with van der Waals surface area (Å²) >= 11 is 3.95. The molecule has 2 aromatic rings. The van der Waals surface area contributed by atoms with Crippen molar-refractivity contribution in [2.45, 2.75) is 108 Å². The molecule has 2 aliphatic carbocycles. The Labute approximate surface area is 292 Å². The molecule has 2 atom stereocenters. The maximum Gasteiger partial charge on any atom is 0.256 e. The predicted molar refractivity (Wildman–Crippen MR) is 190 cm³/mol. The summed E-state index contributed by atoms with van der Waals surface area (Å²) in [6.45, 7) is 22.0. The quantitative estimate of drug-likeness (QED) is 0.148. The summed E-state index contributed by atoms with van der Waals surface area (Å²) in [4.78, 5) is 0. The zero-order valence-corrected chi connectivity index (χ0v) is 34.7. The normalized spacial score (nSPS) is 23.4. The van der Waals surface area contributed by atoms with E-state index in [0.717, 1.165) is 5.56 Å². The SMILES string of the molecule is COC1(OC)c2c(c(OCc3ccccc3)c(Br)c3c2[C@@](OC)(O[Si](C)(C)C(C)(C)C)C3(OC)OC)[C@@]1(OC)O[Si](C)(C)C(C)(C)C. The molecule has 0 heterocycles. The molecule has 12 heteroatoms. The fourth-order valence-electron chi connectivity index (χ4n) is 6.31. The minimum absolute atomic E-state index is 0.174. The third-order valence-electron chi connectivity index (χ3n) is 10.9. The first-order valence-electron chi connectivity index (χ1n) is 15.9. The van der Waals surface area contributed by atoms with Gasteiger partial charge in [0.05, 0.1) is 10.0 Å². The summed E-state index contributed by atoms with van der Waals surface area (Å²) in [6, 6.07) is 9.98. The monoisotopic (exact) mass is 754 g/mol. The highest BCUT2D eigenvalue weighted by atomic mass is 79.9. The van der Waals surface area contributed by atoms with Crippen molar-refractivity contribution in [1.82, 2.24) is 0 Å². The summed E-state index contributed by atoms with van der Waals surface area (Å²) in [7, 11) is 4.44. The molecule has 0 saturated heterocycles. The van der Waals surface area contributed by atoms with E-state index < -0.39 is 39.8 Å². The molecule has 264 valence electrons. The van der Waals surface area contributed by atoms with E-state index in [4.69, 9.17) is 42.0 Å². The van der Waals surface area contributed by atoms with Gasteiger partial charge in [-0.15, -0.1) is 0 Å². The maximum atomic E-state index is 7.26. The van der Waals surface area contributed by atoms with Gasteiger partial charge < -0.3 is 42.0 Å². The van der Waals surface area contributed by atoms with Gasteiger partial charge in [-0.1, -0.05) is 71.9 Å². The van der Waals surface area contributed by atoms with Crippen LogP contribution in [0.5, 0.6) is 5.75 Å². The molecule has 0 unspecified atom stereocenters. The van der Waals surface area contributed by atoms with Crippen molar-refractivity contribution in [3.63, 3.8) is 0 Å². The summed E-state index contributed by atoms with van der Waals surface area (Å²) < 4.78 is 60.2. The number of ether oxygens (including phenoxy) is 7.